The molecule has 3 N–H and O–H groups in total. The lowest BCUT2D eigenvalue weighted by Gasteiger charge is -2.58. The summed E-state index contributed by atoms with van der Waals surface area (Å²) in [6.45, 7) is 6.64. The molecule has 4 fully saturated rings. The first-order valence-electron chi connectivity index (χ1n) is 12.5. The summed E-state index contributed by atoms with van der Waals surface area (Å²) in [5.41, 5.74) is 1.23. The lowest BCUT2D eigenvalue weighted by Crippen LogP contribution is -2.64. The normalized spacial score (nSPS) is 36.1. The minimum atomic E-state index is -0.837. The summed E-state index contributed by atoms with van der Waals surface area (Å²) in [5.74, 6) is 1.28. The van der Waals surface area contributed by atoms with E-state index in [1.807, 2.05) is 12.1 Å². The van der Waals surface area contributed by atoms with Gasteiger partial charge in [0, 0.05) is 18.0 Å². The minimum absolute atomic E-state index is 0.185. The number of aromatic hydroxyl groups is 1. The van der Waals surface area contributed by atoms with Crippen molar-refractivity contribution in [3.8, 4) is 5.75 Å². The molecule has 1 spiro atoms. The zero-order valence-corrected chi connectivity index (χ0v) is 19.5. The summed E-state index contributed by atoms with van der Waals surface area (Å²) in [7, 11) is 0. The number of phenolic OH excluding ortho intramolecular Hbond substituents is 1. The number of phenols is 1. The van der Waals surface area contributed by atoms with Gasteiger partial charge in [0.2, 0.25) is 0 Å². The number of benzene rings is 1. The molecule has 2 saturated heterocycles. The molecular weight excluding hydrogens is 402 g/mol. The number of amides is 3. The zero-order valence-electron chi connectivity index (χ0n) is 19.5. The molecule has 32 heavy (non-hydrogen) atoms. The molecular formula is C26H37N3O3. The molecule has 2 saturated carbocycles. The first kappa shape index (κ1) is 21.7. The molecule has 4 unspecified atom stereocenters. The summed E-state index contributed by atoms with van der Waals surface area (Å²) < 4.78 is 0. The van der Waals surface area contributed by atoms with Crippen molar-refractivity contribution in [3.05, 3.63) is 29.3 Å². The van der Waals surface area contributed by atoms with Gasteiger partial charge in [-0.3, -0.25) is 10.1 Å². The van der Waals surface area contributed by atoms with Crippen molar-refractivity contribution >= 4 is 11.9 Å². The second-order valence-electron chi connectivity index (χ2n) is 11.0. The number of nitrogens with zero attached hydrogens (tertiary/aromatic N) is 1. The van der Waals surface area contributed by atoms with Gasteiger partial charge in [0.25, 0.3) is 5.91 Å². The molecule has 5 rings (SSSR count). The van der Waals surface area contributed by atoms with Crippen LogP contribution in [0.25, 0.3) is 0 Å². The molecule has 3 amide bonds. The molecule has 2 aliphatic carbocycles. The van der Waals surface area contributed by atoms with E-state index in [1.165, 1.54) is 38.6 Å². The smallest absolute Gasteiger partial charge is 0.322 e. The van der Waals surface area contributed by atoms with E-state index in [0.717, 1.165) is 36.4 Å². The summed E-state index contributed by atoms with van der Waals surface area (Å²) in [5, 5.41) is 15.9. The number of carbonyl (C=O) groups is 2. The van der Waals surface area contributed by atoms with Crippen molar-refractivity contribution in [2.75, 3.05) is 13.1 Å². The average molecular weight is 440 g/mol. The fraction of sp³-hybridized carbons (Fsp3) is 0.692. The minimum Gasteiger partial charge on any atom is -0.508 e. The van der Waals surface area contributed by atoms with Gasteiger partial charge in [0.1, 0.15) is 11.3 Å². The van der Waals surface area contributed by atoms with Crippen molar-refractivity contribution in [2.24, 2.45) is 11.8 Å². The van der Waals surface area contributed by atoms with Gasteiger partial charge in [0.15, 0.2) is 0 Å². The van der Waals surface area contributed by atoms with E-state index in [1.54, 1.807) is 6.07 Å². The molecule has 0 aromatic heterocycles. The zero-order chi connectivity index (χ0) is 22.5. The summed E-state index contributed by atoms with van der Waals surface area (Å²) in [6.07, 6.45) is 9.92. The fourth-order valence-electron chi connectivity index (χ4n) is 7.58. The SMILES string of the molecule is Cc1ccc(O)cc1C12CCN(CC3CCCCC3)C(C)C1CCC1(C2)NC(=O)NC1=O. The molecule has 174 valence electrons. The standard InChI is InChI=1S/C26H37N3O3/c1-17-8-9-20(30)14-22(17)25-12-13-29(15-19-6-4-3-5-7-19)18(2)21(25)10-11-26(16-25)23(31)27-24(32)28-26/h8-9,14,18-19,21,30H,3-7,10-13,15-16H2,1-2H3,(H2,27,28,31,32). The van der Waals surface area contributed by atoms with E-state index in [0.29, 0.717) is 24.8 Å². The highest BCUT2D eigenvalue weighted by Gasteiger charge is 2.60. The Morgan fingerprint density at radius 3 is 2.62 bits per heavy atom. The summed E-state index contributed by atoms with van der Waals surface area (Å²) in [6, 6.07) is 5.68. The van der Waals surface area contributed by atoms with E-state index in [-0.39, 0.29) is 23.1 Å². The summed E-state index contributed by atoms with van der Waals surface area (Å²) in [4.78, 5) is 27.7. The number of urea groups is 1. The predicted octanol–water partition coefficient (Wildman–Crippen LogP) is 3.99. The van der Waals surface area contributed by atoms with Gasteiger partial charge in [-0.15, -0.1) is 0 Å². The Morgan fingerprint density at radius 1 is 1.12 bits per heavy atom. The maximum absolute atomic E-state index is 12.9. The topological polar surface area (TPSA) is 81.7 Å². The van der Waals surface area contributed by atoms with E-state index in [2.05, 4.69) is 29.4 Å². The van der Waals surface area contributed by atoms with Crippen LogP contribution in [0.15, 0.2) is 18.2 Å². The number of imide groups is 1. The van der Waals surface area contributed by atoms with Gasteiger partial charge in [-0.2, -0.15) is 0 Å². The number of rotatable bonds is 3. The third-order valence-corrected chi connectivity index (χ3v) is 9.20. The highest BCUT2D eigenvalue weighted by atomic mass is 16.3. The number of carbonyl (C=O) groups excluding carboxylic acids is 2. The lowest BCUT2D eigenvalue weighted by atomic mass is 9.52. The predicted molar refractivity (Wildman–Crippen MR) is 123 cm³/mol. The molecule has 0 radical (unpaired) electrons. The molecule has 4 aliphatic rings. The fourth-order valence-corrected chi connectivity index (χ4v) is 7.58. The number of aryl methyl sites for hydroxylation is 1. The number of hydrogen-bond acceptors (Lipinski definition) is 4. The molecule has 1 aromatic rings. The van der Waals surface area contributed by atoms with Crippen LogP contribution in [0.1, 0.15) is 75.8 Å². The first-order chi connectivity index (χ1) is 15.3. The van der Waals surface area contributed by atoms with Gasteiger partial charge in [-0.25, -0.2) is 4.79 Å². The van der Waals surface area contributed by atoms with Crippen molar-refractivity contribution in [3.63, 3.8) is 0 Å². The van der Waals surface area contributed by atoms with Crippen LogP contribution in [0.3, 0.4) is 0 Å². The maximum Gasteiger partial charge on any atom is 0.322 e. The van der Waals surface area contributed by atoms with E-state index in [9.17, 15) is 14.7 Å². The third-order valence-electron chi connectivity index (χ3n) is 9.20. The number of likely N-dealkylation sites (tertiary alicyclic amines) is 1. The molecule has 0 bridgehead atoms. The van der Waals surface area contributed by atoms with Gasteiger partial charge >= 0.3 is 6.03 Å². The van der Waals surface area contributed by atoms with Crippen molar-refractivity contribution in [2.45, 2.75) is 88.6 Å². The molecule has 6 heteroatoms. The number of fused-ring (bicyclic) bond motifs is 1. The Morgan fingerprint density at radius 2 is 1.91 bits per heavy atom. The van der Waals surface area contributed by atoms with E-state index >= 15 is 0 Å². The largest absolute Gasteiger partial charge is 0.508 e. The molecule has 2 aliphatic heterocycles. The van der Waals surface area contributed by atoms with E-state index < -0.39 is 5.54 Å². The van der Waals surface area contributed by atoms with Gasteiger partial charge < -0.3 is 15.3 Å². The highest BCUT2D eigenvalue weighted by molar-refractivity contribution is 6.07. The third kappa shape index (κ3) is 3.51. The second-order valence-corrected chi connectivity index (χ2v) is 11.0. The molecule has 2 heterocycles. The molecule has 6 nitrogen and oxygen atoms in total. The Hall–Kier alpha value is -2.08. The van der Waals surface area contributed by atoms with Crippen LogP contribution in [0.2, 0.25) is 0 Å². The lowest BCUT2D eigenvalue weighted by molar-refractivity contribution is -0.128. The van der Waals surface area contributed by atoms with Crippen LogP contribution in [0.5, 0.6) is 5.75 Å². The van der Waals surface area contributed by atoms with Crippen LogP contribution in [0.4, 0.5) is 4.79 Å². The molecule has 4 atom stereocenters. The van der Waals surface area contributed by atoms with Crippen molar-refractivity contribution in [1.29, 1.82) is 0 Å². The monoisotopic (exact) mass is 439 g/mol. The highest BCUT2D eigenvalue weighted by Crippen LogP contribution is 2.55. The quantitative estimate of drug-likeness (QED) is 0.622. The number of nitrogens with one attached hydrogen (secondary N) is 2. The van der Waals surface area contributed by atoms with Gasteiger partial charge in [-0.05, 0) is 94.0 Å². The number of hydrogen-bond donors (Lipinski definition) is 3. The Balaban J connectivity index is 1.50. The van der Waals surface area contributed by atoms with Crippen LogP contribution in [-0.2, 0) is 10.2 Å². The Kier molecular flexibility index (Phi) is 5.47. The Labute approximate surface area is 191 Å². The Bertz CT molecular complexity index is 912. The van der Waals surface area contributed by atoms with Crippen LogP contribution >= 0.6 is 0 Å². The summed E-state index contributed by atoms with van der Waals surface area (Å²) >= 11 is 0. The van der Waals surface area contributed by atoms with Crippen LogP contribution < -0.4 is 10.6 Å². The van der Waals surface area contributed by atoms with E-state index in [4.69, 9.17) is 0 Å². The van der Waals surface area contributed by atoms with Gasteiger partial charge in [0.05, 0.1) is 0 Å². The number of piperidine rings is 1. The van der Waals surface area contributed by atoms with Crippen molar-refractivity contribution in [1.82, 2.24) is 15.5 Å². The van der Waals surface area contributed by atoms with Crippen LogP contribution in [0, 0.1) is 18.8 Å². The first-order valence-corrected chi connectivity index (χ1v) is 12.5. The van der Waals surface area contributed by atoms with Gasteiger partial charge in [-0.1, -0.05) is 25.3 Å². The average Bonchev–Trinajstić information content (AvgIpc) is 3.04. The maximum atomic E-state index is 12.9. The second kappa shape index (κ2) is 8.05. The molecule has 1 aromatic carbocycles. The van der Waals surface area contributed by atoms with Crippen molar-refractivity contribution < 1.29 is 14.7 Å². The van der Waals surface area contributed by atoms with Crippen LogP contribution in [-0.4, -0.2) is 46.6 Å².